The van der Waals surface area contributed by atoms with Gasteiger partial charge in [0.25, 0.3) is 0 Å². The molecule has 0 N–H and O–H groups in total. The van der Waals surface area contributed by atoms with E-state index in [9.17, 15) is 0 Å². The van der Waals surface area contributed by atoms with E-state index in [1.54, 1.807) is 0 Å². The van der Waals surface area contributed by atoms with E-state index >= 15 is 0 Å². The Kier molecular flexibility index (Phi) is 7.61. The number of benzene rings is 4. The fourth-order valence-electron chi connectivity index (χ4n) is 5.00. The highest BCUT2D eigenvalue weighted by molar-refractivity contribution is 7.20. The number of aryl methyl sites for hydroxylation is 3. The Morgan fingerprint density at radius 2 is 0.697 bits per heavy atom. The van der Waals surface area contributed by atoms with Crippen LogP contribution in [0.4, 0.5) is 0 Å². The van der Waals surface area contributed by atoms with Crippen LogP contribution in [0.15, 0.2) is 103 Å². The lowest BCUT2D eigenvalue weighted by atomic mass is 9.12. The van der Waals surface area contributed by atoms with Gasteiger partial charge in [-0.25, -0.2) is 0 Å². The lowest BCUT2D eigenvalue weighted by Crippen LogP contribution is -2.76. The average molecular weight is 435 g/mol. The average Bonchev–Trinajstić information content (AvgIpc) is 2.77. The van der Waals surface area contributed by atoms with Gasteiger partial charge in [-0.15, -0.1) is 0 Å². The molecule has 0 aliphatic carbocycles. The Morgan fingerprint density at radius 1 is 0.424 bits per heavy atom. The molecule has 0 heterocycles. The van der Waals surface area contributed by atoms with E-state index in [-0.39, 0.29) is 0 Å². The van der Waals surface area contributed by atoms with E-state index in [0.717, 1.165) is 4.48 Å². The lowest BCUT2D eigenvalue weighted by Gasteiger charge is -2.47. The van der Waals surface area contributed by atoms with Gasteiger partial charge in [0.1, 0.15) is 6.15 Å². The van der Waals surface area contributed by atoms with Gasteiger partial charge < -0.3 is 4.48 Å². The molecule has 33 heavy (non-hydrogen) atoms. The third-order valence-electron chi connectivity index (χ3n) is 6.26. The van der Waals surface area contributed by atoms with Crippen molar-refractivity contribution in [3.63, 3.8) is 0 Å². The predicted molar refractivity (Wildman–Crippen MR) is 148 cm³/mol. The summed E-state index contributed by atoms with van der Waals surface area (Å²) >= 11 is 0. The van der Waals surface area contributed by atoms with E-state index in [4.69, 9.17) is 0 Å². The highest BCUT2D eigenvalue weighted by atomic mass is 15.2. The summed E-state index contributed by atoms with van der Waals surface area (Å²) in [7, 11) is 8.50. The zero-order valence-electron chi connectivity index (χ0n) is 21.3. The molecular weight excluding hydrogens is 397 g/mol. The summed E-state index contributed by atoms with van der Waals surface area (Å²) in [5.74, 6) is 0. The molecule has 0 radical (unpaired) electrons. The first-order valence-corrected chi connectivity index (χ1v) is 11.8. The lowest BCUT2D eigenvalue weighted by molar-refractivity contribution is -0.849. The van der Waals surface area contributed by atoms with Gasteiger partial charge in [0.2, 0.25) is 0 Å². The van der Waals surface area contributed by atoms with Crippen molar-refractivity contribution in [3.8, 4) is 0 Å². The highest BCUT2D eigenvalue weighted by Crippen LogP contribution is 2.15. The number of rotatable bonds is 4. The Labute approximate surface area is 201 Å². The van der Waals surface area contributed by atoms with Gasteiger partial charge >= 0.3 is 0 Å². The second-order valence-electron chi connectivity index (χ2n) is 10.5. The molecule has 0 aliphatic heterocycles. The van der Waals surface area contributed by atoms with Gasteiger partial charge in [-0.3, -0.25) is 0 Å². The largest absolute Gasteiger partial charge is 0.333 e. The number of hydrogen-bond donors (Lipinski definition) is 0. The Hall–Kier alpha value is -3.10. The van der Waals surface area contributed by atoms with Crippen molar-refractivity contribution < 1.29 is 4.48 Å². The fraction of sp³-hybridized carbons (Fsp3) is 0.226. The van der Waals surface area contributed by atoms with Crippen LogP contribution in [-0.4, -0.2) is 38.8 Å². The van der Waals surface area contributed by atoms with Gasteiger partial charge in [-0.05, 0) is 20.8 Å². The summed E-state index contributed by atoms with van der Waals surface area (Å²) < 4.78 is 1.00. The Bertz CT molecular complexity index is 1070. The van der Waals surface area contributed by atoms with Crippen LogP contribution in [0, 0.1) is 20.8 Å². The van der Waals surface area contributed by atoms with Crippen LogP contribution < -0.4 is 21.9 Å². The molecule has 2 heteroatoms. The van der Waals surface area contributed by atoms with Crippen LogP contribution in [0.3, 0.4) is 0 Å². The van der Waals surface area contributed by atoms with Crippen molar-refractivity contribution in [2.75, 3.05) is 28.2 Å². The van der Waals surface area contributed by atoms with Crippen LogP contribution in [0.25, 0.3) is 0 Å². The fourth-order valence-corrected chi connectivity index (χ4v) is 5.00. The predicted octanol–water partition coefficient (Wildman–Crippen LogP) is 4.31. The zero-order chi connectivity index (χ0) is 24.1. The highest BCUT2D eigenvalue weighted by Gasteiger charge is 2.34. The van der Waals surface area contributed by atoms with Crippen molar-refractivity contribution in [2.24, 2.45) is 0 Å². The second kappa shape index (κ2) is 10.2. The summed E-state index contributed by atoms with van der Waals surface area (Å²) in [4.78, 5) is 0. The molecule has 0 unspecified atom stereocenters. The molecule has 0 amide bonds. The van der Waals surface area contributed by atoms with E-state index < -0.39 is 6.15 Å². The van der Waals surface area contributed by atoms with Crippen LogP contribution in [0.5, 0.6) is 0 Å². The molecule has 1 nitrogen and oxygen atoms in total. The minimum Gasteiger partial charge on any atom is -0.333 e. The third kappa shape index (κ3) is 5.46. The number of nitrogens with zero attached hydrogens (tertiary/aromatic N) is 1. The molecular formula is C31H38BN. The second-order valence-corrected chi connectivity index (χ2v) is 10.5. The maximum Gasteiger partial charge on any atom is 0.109 e. The SMILES string of the molecule is C[N+](C)(C)C.Cc1ccccc1[B-](c1ccccc1)(c1ccccc1C)c1ccccc1C. The standard InChI is InChI=1S/C27H26B.C4H12N/c1-21-13-7-10-18-25(21)28(24-16-5-4-6-17-24,26-19-11-8-14-22(26)2)27-20-12-9-15-23(27)3;1-5(2,3)4/h4-20H,1-3H3;1-4H3/q-1;+1. The van der Waals surface area contributed by atoms with Crippen molar-refractivity contribution in [1.29, 1.82) is 0 Å². The molecule has 4 rings (SSSR count). The first kappa shape index (κ1) is 24.5. The normalized spacial score (nSPS) is 11.5. The van der Waals surface area contributed by atoms with Crippen molar-refractivity contribution in [1.82, 2.24) is 0 Å². The van der Waals surface area contributed by atoms with Crippen molar-refractivity contribution >= 4 is 28.0 Å². The molecule has 0 fully saturated rings. The molecule has 0 atom stereocenters. The van der Waals surface area contributed by atoms with Gasteiger partial charge in [0.05, 0.1) is 28.2 Å². The number of hydrogen-bond acceptors (Lipinski definition) is 0. The van der Waals surface area contributed by atoms with Crippen molar-refractivity contribution in [3.05, 3.63) is 120 Å². The molecule has 0 aliphatic rings. The molecule has 0 saturated carbocycles. The maximum atomic E-state index is 2.32. The van der Waals surface area contributed by atoms with E-state index in [1.165, 1.54) is 38.5 Å². The Morgan fingerprint density at radius 3 is 1.00 bits per heavy atom. The zero-order valence-corrected chi connectivity index (χ0v) is 21.3. The van der Waals surface area contributed by atoms with Gasteiger partial charge in [-0.1, -0.05) is 120 Å². The summed E-state index contributed by atoms with van der Waals surface area (Å²) in [5.41, 5.74) is 9.56. The smallest absolute Gasteiger partial charge is 0.109 e. The first-order valence-electron chi connectivity index (χ1n) is 11.8. The van der Waals surface area contributed by atoms with E-state index in [0.29, 0.717) is 0 Å². The van der Waals surface area contributed by atoms with E-state index in [1.807, 2.05) is 0 Å². The molecule has 4 aromatic rings. The molecule has 0 saturated heterocycles. The molecule has 0 aromatic heterocycles. The molecule has 0 bridgehead atoms. The van der Waals surface area contributed by atoms with Crippen LogP contribution in [0.1, 0.15) is 16.7 Å². The minimum absolute atomic E-state index is 1.00. The van der Waals surface area contributed by atoms with Gasteiger partial charge in [0, 0.05) is 0 Å². The van der Waals surface area contributed by atoms with Crippen LogP contribution in [0.2, 0.25) is 0 Å². The minimum atomic E-state index is -1.29. The number of quaternary nitrogens is 1. The topological polar surface area (TPSA) is 0 Å². The van der Waals surface area contributed by atoms with Crippen LogP contribution in [-0.2, 0) is 0 Å². The summed E-state index contributed by atoms with van der Waals surface area (Å²) in [6.07, 6.45) is -1.29. The monoisotopic (exact) mass is 435 g/mol. The summed E-state index contributed by atoms with van der Waals surface area (Å²) in [6.45, 7) is 6.72. The molecule has 4 aromatic carbocycles. The Balaban J connectivity index is 0.000000555. The molecule has 0 spiro atoms. The van der Waals surface area contributed by atoms with Gasteiger partial charge in [0.15, 0.2) is 0 Å². The summed E-state index contributed by atoms with van der Waals surface area (Å²) in [6, 6.07) is 37.7. The van der Waals surface area contributed by atoms with E-state index in [2.05, 4.69) is 152 Å². The van der Waals surface area contributed by atoms with Crippen LogP contribution >= 0.6 is 0 Å². The quantitative estimate of drug-likeness (QED) is 0.331. The summed E-state index contributed by atoms with van der Waals surface area (Å²) in [5, 5.41) is 0. The first-order chi connectivity index (χ1) is 15.7. The van der Waals surface area contributed by atoms with Gasteiger partial charge in [-0.2, -0.15) is 21.9 Å². The third-order valence-corrected chi connectivity index (χ3v) is 6.26. The molecule has 170 valence electrons. The maximum absolute atomic E-state index is 2.32. The van der Waals surface area contributed by atoms with Crippen molar-refractivity contribution in [2.45, 2.75) is 20.8 Å².